The third kappa shape index (κ3) is 3.77. The van der Waals surface area contributed by atoms with Crippen LogP contribution >= 0.6 is 11.6 Å². The minimum Gasteiger partial charge on any atom is -0.318 e. The summed E-state index contributed by atoms with van der Waals surface area (Å²) in [6.45, 7) is 1.81. The standard InChI is InChI=1S/C21H19ClN6O2/c1-13-18(20(30)28(27(13)2)16-6-4-3-5-7-16)23-21-24-19(29)17(25-26-21)12-14-8-10-15(22)11-9-14/h3-11H,12H2,1-2H3,(H2,23,24,26,29). The zero-order valence-corrected chi connectivity index (χ0v) is 17.1. The normalized spacial score (nSPS) is 10.9. The highest BCUT2D eigenvalue weighted by Gasteiger charge is 2.17. The summed E-state index contributed by atoms with van der Waals surface area (Å²) in [5, 5.41) is 11.6. The molecule has 0 radical (unpaired) electrons. The first-order chi connectivity index (χ1) is 14.4. The topological polar surface area (TPSA) is 97.6 Å². The average molecular weight is 423 g/mol. The fourth-order valence-electron chi connectivity index (χ4n) is 3.16. The minimum atomic E-state index is -0.376. The van der Waals surface area contributed by atoms with E-state index in [9.17, 15) is 9.59 Å². The van der Waals surface area contributed by atoms with E-state index in [1.54, 1.807) is 23.9 Å². The lowest BCUT2D eigenvalue weighted by Crippen LogP contribution is -2.22. The Morgan fingerprint density at radius 1 is 1.03 bits per heavy atom. The number of benzene rings is 2. The Kier molecular flexibility index (Phi) is 5.24. The van der Waals surface area contributed by atoms with Gasteiger partial charge >= 0.3 is 0 Å². The molecule has 4 aromatic rings. The van der Waals surface area contributed by atoms with Crippen molar-refractivity contribution in [3.05, 3.63) is 97.3 Å². The van der Waals surface area contributed by atoms with Crippen molar-refractivity contribution in [2.45, 2.75) is 13.3 Å². The molecule has 4 rings (SSSR count). The number of para-hydroxylation sites is 1. The van der Waals surface area contributed by atoms with Crippen molar-refractivity contribution >= 4 is 23.2 Å². The second kappa shape index (κ2) is 8.00. The van der Waals surface area contributed by atoms with E-state index in [0.717, 1.165) is 11.3 Å². The Hall–Kier alpha value is -3.65. The van der Waals surface area contributed by atoms with E-state index in [0.29, 0.717) is 22.8 Å². The smallest absolute Gasteiger partial charge is 0.295 e. The Balaban J connectivity index is 1.62. The summed E-state index contributed by atoms with van der Waals surface area (Å²) < 4.78 is 3.28. The summed E-state index contributed by atoms with van der Waals surface area (Å²) in [4.78, 5) is 28.1. The quantitative estimate of drug-likeness (QED) is 0.515. The third-order valence-corrected chi connectivity index (χ3v) is 5.10. The van der Waals surface area contributed by atoms with Crippen LogP contribution in [0.25, 0.3) is 5.69 Å². The van der Waals surface area contributed by atoms with Gasteiger partial charge in [-0.2, -0.15) is 0 Å². The number of nitrogens with one attached hydrogen (secondary N) is 2. The van der Waals surface area contributed by atoms with Crippen LogP contribution in [0.4, 0.5) is 11.6 Å². The molecule has 152 valence electrons. The van der Waals surface area contributed by atoms with Gasteiger partial charge in [0.1, 0.15) is 11.4 Å². The van der Waals surface area contributed by atoms with E-state index in [-0.39, 0.29) is 22.8 Å². The first-order valence-corrected chi connectivity index (χ1v) is 9.63. The predicted molar refractivity (Wildman–Crippen MR) is 116 cm³/mol. The van der Waals surface area contributed by atoms with Crippen molar-refractivity contribution in [1.82, 2.24) is 24.5 Å². The fourth-order valence-corrected chi connectivity index (χ4v) is 3.28. The van der Waals surface area contributed by atoms with Crippen LogP contribution in [-0.4, -0.2) is 24.5 Å². The number of nitrogens with zero attached hydrogens (tertiary/aromatic N) is 4. The second-order valence-electron chi connectivity index (χ2n) is 6.81. The maximum atomic E-state index is 13.0. The largest absolute Gasteiger partial charge is 0.318 e. The van der Waals surface area contributed by atoms with Crippen molar-refractivity contribution < 1.29 is 0 Å². The average Bonchev–Trinajstić information content (AvgIpc) is 2.95. The highest BCUT2D eigenvalue weighted by Crippen LogP contribution is 2.16. The zero-order valence-electron chi connectivity index (χ0n) is 16.4. The number of anilines is 2. The van der Waals surface area contributed by atoms with Crippen molar-refractivity contribution in [1.29, 1.82) is 0 Å². The van der Waals surface area contributed by atoms with E-state index in [1.165, 1.54) is 4.68 Å². The molecule has 2 N–H and O–H groups in total. The van der Waals surface area contributed by atoms with E-state index in [1.807, 2.05) is 49.4 Å². The van der Waals surface area contributed by atoms with Gasteiger partial charge in [-0.05, 0) is 36.8 Å². The first kappa shape index (κ1) is 19.7. The van der Waals surface area contributed by atoms with Crippen LogP contribution < -0.4 is 16.4 Å². The first-order valence-electron chi connectivity index (χ1n) is 9.25. The van der Waals surface area contributed by atoms with Gasteiger partial charge in [0, 0.05) is 18.5 Å². The van der Waals surface area contributed by atoms with Crippen molar-refractivity contribution in [3.8, 4) is 5.69 Å². The number of hydrogen-bond donors (Lipinski definition) is 2. The lowest BCUT2D eigenvalue weighted by molar-refractivity contribution is 0.630. The molecule has 0 amide bonds. The van der Waals surface area contributed by atoms with Gasteiger partial charge in [0.25, 0.3) is 11.1 Å². The molecule has 2 aromatic heterocycles. The summed E-state index contributed by atoms with van der Waals surface area (Å²) in [6, 6.07) is 16.5. The molecular weight excluding hydrogens is 404 g/mol. The summed E-state index contributed by atoms with van der Waals surface area (Å²) >= 11 is 5.89. The predicted octanol–water partition coefficient (Wildman–Crippen LogP) is 2.95. The Labute approximate surface area is 176 Å². The SMILES string of the molecule is Cc1c(Nc2nnc(Cc3ccc(Cl)cc3)c(=O)[nH]2)c(=O)n(-c2ccccc2)n1C. The van der Waals surface area contributed by atoms with Gasteiger partial charge in [-0.1, -0.05) is 41.9 Å². The molecule has 0 unspecified atom stereocenters. The maximum absolute atomic E-state index is 13.0. The van der Waals surface area contributed by atoms with Crippen LogP contribution in [0, 0.1) is 6.92 Å². The van der Waals surface area contributed by atoms with Gasteiger partial charge in [0.05, 0.1) is 11.4 Å². The molecule has 0 bridgehead atoms. The molecule has 0 saturated heterocycles. The van der Waals surface area contributed by atoms with Crippen molar-refractivity contribution in [2.75, 3.05) is 5.32 Å². The van der Waals surface area contributed by atoms with Crippen LogP contribution in [0.1, 0.15) is 17.0 Å². The van der Waals surface area contributed by atoms with Crippen molar-refractivity contribution in [2.24, 2.45) is 7.05 Å². The number of aromatic amines is 1. The van der Waals surface area contributed by atoms with E-state index >= 15 is 0 Å². The van der Waals surface area contributed by atoms with Crippen molar-refractivity contribution in [3.63, 3.8) is 0 Å². The molecule has 0 aliphatic rings. The van der Waals surface area contributed by atoms with Crippen LogP contribution in [0.2, 0.25) is 5.02 Å². The molecule has 0 fully saturated rings. The van der Waals surface area contributed by atoms with Gasteiger partial charge in [-0.15, -0.1) is 10.2 Å². The Morgan fingerprint density at radius 3 is 2.40 bits per heavy atom. The zero-order chi connectivity index (χ0) is 21.3. The molecule has 0 aliphatic heterocycles. The van der Waals surface area contributed by atoms with E-state index in [4.69, 9.17) is 11.6 Å². The Bertz CT molecular complexity index is 1310. The van der Waals surface area contributed by atoms with Gasteiger partial charge in [0.2, 0.25) is 5.95 Å². The monoisotopic (exact) mass is 422 g/mol. The number of rotatable bonds is 5. The lowest BCUT2D eigenvalue weighted by atomic mass is 10.1. The van der Waals surface area contributed by atoms with Gasteiger partial charge in [-0.3, -0.25) is 19.3 Å². The second-order valence-corrected chi connectivity index (χ2v) is 7.25. The molecule has 0 saturated carbocycles. The molecule has 2 aromatic carbocycles. The summed E-state index contributed by atoms with van der Waals surface area (Å²) in [6.07, 6.45) is 0.324. The molecular formula is C21H19ClN6O2. The van der Waals surface area contributed by atoms with Crippen LogP contribution in [0.5, 0.6) is 0 Å². The van der Waals surface area contributed by atoms with Crippen LogP contribution in [0.3, 0.4) is 0 Å². The molecule has 30 heavy (non-hydrogen) atoms. The number of hydrogen-bond acceptors (Lipinski definition) is 5. The number of halogens is 1. The minimum absolute atomic E-state index is 0.103. The highest BCUT2D eigenvalue weighted by atomic mass is 35.5. The fraction of sp³-hybridized carbons (Fsp3) is 0.143. The summed E-state index contributed by atoms with van der Waals surface area (Å²) in [5.74, 6) is 0.103. The maximum Gasteiger partial charge on any atom is 0.295 e. The number of H-pyrrole nitrogens is 1. The third-order valence-electron chi connectivity index (χ3n) is 4.85. The highest BCUT2D eigenvalue weighted by molar-refractivity contribution is 6.30. The van der Waals surface area contributed by atoms with Crippen LogP contribution in [-0.2, 0) is 13.5 Å². The lowest BCUT2D eigenvalue weighted by Gasteiger charge is -2.07. The molecule has 0 spiro atoms. The molecule has 8 nitrogen and oxygen atoms in total. The number of aromatic nitrogens is 5. The van der Waals surface area contributed by atoms with E-state index in [2.05, 4.69) is 20.5 Å². The van der Waals surface area contributed by atoms with E-state index < -0.39 is 0 Å². The summed E-state index contributed by atoms with van der Waals surface area (Å²) in [7, 11) is 1.79. The van der Waals surface area contributed by atoms with Crippen LogP contribution in [0.15, 0.2) is 64.2 Å². The van der Waals surface area contributed by atoms with Gasteiger partial charge in [-0.25, -0.2) is 4.68 Å². The molecule has 0 atom stereocenters. The van der Waals surface area contributed by atoms with Gasteiger partial charge < -0.3 is 5.32 Å². The summed E-state index contributed by atoms with van der Waals surface area (Å²) in [5.41, 5.74) is 2.28. The van der Waals surface area contributed by atoms with Gasteiger partial charge in [0.15, 0.2) is 0 Å². The Morgan fingerprint density at radius 2 is 1.73 bits per heavy atom. The molecule has 9 heteroatoms. The molecule has 2 heterocycles. The molecule has 0 aliphatic carbocycles.